The van der Waals surface area contributed by atoms with Gasteiger partial charge in [-0.3, -0.25) is 9.59 Å². The van der Waals surface area contributed by atoms with E-state index in [0.29, 0.717) is 13.0 Å². The number of aliphatic carboxylic acids is 1. The number of carbonyl (C=O) groups excluding carboxylic acids is 1. The minimum absolute atomic E-state index is 0.0268. The summed E-state index contributed by atoms with van der Waals surface area (Å²) in [6.07, 6.45) is 0.336. The average Bonchev–Trinajstić information content (AvgIpc) is 2.15. The van der Waals surface area contributed by atoms with E-state index in [2.05, 4.69) is 5.32 Å². The second kappa shape index (κ2) is 10.1. The maximum absolute atomic E-state index is 10.4. The summed E-state index contributed by atoms with van der Waals surface area (Å²) in [6, 6.07) is -0.843. The summed E-state index contributed by atoms with van der Waals surface area (Å²) in [7, 11) is 0. The lowest BCUT2D eigenvalue weighted by Gasteiger charge is -2.05. The highest BCUT2D eigenvalue weighted by molar-refractivity contribution is 5.77. The Morgan fingerprint density at radius 2 is 1.93 bits per heavy atom. The molecule has 5 heteroatoms. The molecule has 0 fully saturated rings. The second-order valence-electron chi connectivity index (χ2n) is 2.61. The van der Waals surface area contributed by atoms with Crippen LogP contribution in [0.2, 0.25) is 0 Å². The molecule has 0 heterocycles. The van der Waals surface area contributed by atoms with Gasteiger partial charge in [-0.15, -0.1) is 0 Å². The summed E-state index contributed by atoms with van der Waals surface area (Å²) < 4.78 is 0. The van der Waals surface area contributed by atoms with E-state index in [0.717, 1.165) is 0 Å². The molecule has 0 aliphatic rings. The van der Waals surface area contributed by atoms with Gasteiger partial charge in [-0.2, -0.15) is 0 Å². The summed E-state index contributed by atoms with van der Waals surface area (Å²) in [5.41, 5.74) is 5.21. The van der Waals surface area contributed by atoms with Crippen molar-refractivity contribution in [1.82, 2.24) is 5.32 Å². The minimum atomic E-state index is -1.01. The number of hydrogen-bond donors (Lipinski definition) is 3. The SMILES string of the molecule is CC.CC(=O)CNCCC(N)C(=O)O. The van der Waals surface area contributed by atoms with Crippen molar-refractivity contribution >= 4 is 11.8 Å². The summed E-state index contributed by atoms with van der Waals surface area (Å²) in [4.78, 5) is 20.6. The molecule has 1 atom stereocenters. The Kier molecular flexibility index (Phi) is 11.3. The van der Waals surface area contributed by atoms with Gasteiger partial charge in [0, 0.05) is 0 Å². The molecule has 0 aromatic rings. The molecule has 84 valence electrons. The first kappa shape index (κ1) is 15.5. The molecule has 0 bridgehead atoms. The predicted octanol–water partition coefficient (Wildman–Crippen LogP) is -0.00680. The van der Waals surface area contributed by atoms with Crippen molar-refractivity contribution in [2.24, 2.45) is 5.73 Å². The van der Waals surface area contributed by atoms with Gasteiger partial charge in [0.25, 0.3) is 0 Å². The molecule has 0 aliphatic heterocycles. The zero-order valence-corrected chi connectivity index (χ0v) is 9.04. The molecular weight excluding hydrogens is 184 g/mol. The quantitative estimate of drug-likeness (QED) is 0.529. The lowest BCUT2D eigenvalue weighted by molar-refractivity contribution is -0.138. The van der Waals surface area contributed by atoms with E-state index in [1.807, 2.05) is 13.8 Å². The Balaban J connectivity index is 0. The van der Waals surface area contributed by atoms with Crippen LogP contribution in [0.25, 0.3) is 0 Å². The van der Waals surface area contributed by atoms with E-state index in [9.17, 15) is 9.59 Å². The van der Waals surface area contributed by atoms with Crippen LogP contribution in [0, 0.1) is 0 Å². The predicted molar refractivity (Wildman–Crippen MR) is 55.1 cm³/mol. The van der Waals surface area contributed by atoms with E-state index in [1.165, 1.54) is 6.92 Å². The van der Waals surface area contributed by atoms with Gasteiger partial charge in [-0.05, 0) is 19.9 Å². The number of carboxylic acids is 1. The van der Waals surface area contributed by atoms with Crippen molar-refractivity contribution in [1.29, 1.82) is 0 Å². The Morgan fingerprint density at radius 1 is 1.43 bits per heavy atom. The topological polar surface area (TPSA) is 92.4 Å². The maximum atomic E-state index is 10.4. The van der Waals surface area contributed by atoms with E-state index in [1.54, 1.807) is 0 Å². The summed E-state index contributed by atoms with van der Waals surface area (Å²) >= 11 is 0. The van der Waals surface area contributed by atoms with Crippen molar-refractivity contribution in [3.63, 3.8) is 0 Å². The van der Waals surface area contributed by atoms with Gasteiger partial charge in [0.1, 0.15) is 11.8 Å². The number of carbonyl (C=O) groups is 2. The summed E-state index contributed by atoms with van der Waals surface area (Å²) in [5, 5.41) is 11.1. The van der Waals surface area contributed by atoms with Crippen LogP contribution in [0.15, 0.2) is 0 Å². The molecule has 0 amide bonds. The highest BCUT2D eigenvalue weighted by Crippen LogP contribution is 1.85. The third-order valence-electron chi connectivity index (χ3n) is 1.32. The van der Waals surface area contributed by atoms with Crippen LogP contribution in [0.3, 0.4) is 0 Å². The third-order valence-corrected chi connectivity index (χ3v) is 1.32. The largest absolute Gasteiger partial charge is 0.480 e. The highest BCUT2D eigenvalue weighted by atomic mass is 16.4. The van der Waals surface area contributed by atoms with Crippen LogP contribution >= 0.6 is 0 Å². The van der Waals surface area contributed by atoms with Crippen molar-refractivity contribution in [2.45, 2.75) is 33.2 Å². The Labute approximate surface area is 84.7 Å². The number of nitrogens with one attached hydrogen (secondary N) is 1. The van der Waals surface area contributed by atoms with Crippen molar-refractivity contribution in [3.05, 3.63) is 0 Å². The summed E-state index contributed by atoms with van der Waals surface area (Å²) in [5.74, 6) is -0.987. The molecular formula is C9H20N2O3. The van der Waals surface area contributed by atoms with Crippen molar-refractivity contribution in [2.75, 3.05) is 13.1 Å². The fourth-order valence-electron chi connectivity index (χ4n) is 0.645. The van der Waals surface area contributed by atoms with Crippen LogP contribution in [0.1, 0.15) is 27.2 Å². The number of Topliss-reactive ketones (excluding diaryl/α,β-unsaturated/α-hetero) is 1. The molecule has 14 heavy (non-hydrogen) atoms. The second-order valence-corrected chi connectivity index (χ2v) is 2.61. The first-order valence-electron chi connectivity index (χ1n) is 4.72. The van der Waals surface area contributed by atoms with Crippen molar-refractivity contribution < 1.29 is 14.7 Å². The van der Waals surface area contributed by atoms with Gasteiger partial charge < -0.3 is 16.2 Å². The standard InChI is InChI=1S/C7H14N2O3.C2H6/c1-5(10)4-9-3-2-6(8)7(11)12;1-2/h6,9H,2-4,8H2,1H3,(H,11,12);1-2H3. The van der Waals surface area contributed by atoms with Crippen LogP contribution in [-0.4, -0.2) is 36.0 Å². The lowest BCUT2D eigenvalue weighted by Crippen LogP contribution is -2.34. The monoisotopic (exact) mass is 204 g/mol. The number of hydrogen-bond acceptors (Lipinski definition) is 4. The van der Waals surface area contributed by atoms with Crippen LogP contribution < -0.4 is 11.1 Å². The molecule has 0 saturated heterocycles. The minimum Gasteiger partial charge on any atom is -0.480 e. The smallest absolute Gasteiger partial charge is 0.320 e. The highest BCUT2D eigenvalue weighted by Gasteiger charge is 2.09. The third kappa shape index (κ3) is 11.1. The Hall–Kier alpha value is -0.940. The molecule has 5 nitrogen and oxygen atoms in total. The van der Waals surface area contributed by atoms with E-state index in [4.69, 9.17) is 10.8 Å². The number of ketones is 1. The average molecular weight is 204 g/mol. The maximum Gasteiger partial charge on any atom is 0.320 e. The Bertz CT molecular complexity index is 171. The van der Waals surface area contributed by atoms with Gasteiger partial charge in [-0.25, -0.2) is 0 Å². The van der Waals surface area contributed by atoms with E-state index < -0.39 is 12.0 Å². The van der Waals surface area contributed by atoms with Gasteiger partial charge in [0.15, 0.2) is 0 Å². The van der Waals surface area contributed by atoms with Crippen LogP contribution in [0.4, 0.5) is 0 Å². The van der Waals surface area contributed by atoms with Gasteiger partial charge in [0.05, 0.1) is 6.54 Å². The molecule has 0 saturated carbocycles. The molecule has 0 aliphatic carbocycles. The number of rotatable bonds is 6. The normalized spacial score (nSPS) is 11.1. The molecule has 0 aromatic heterocycles. The zero-order chi connectivity index (χ0) is 11.6. The van der Waals surface area contributed by atoms with Gasteiger partial charge >= 0.3 is 5.97 Å². The van der Waals surface area contributed by atoms with Crippen LogP contribution in [-0.2, 0) is 9.59 Å². The zero-order valence-electron chi connectivity index (χ0n) is 9.04. The first-order chi connectivity index (χ1) is 6.54. The molecule has 0 radical (unpaired) electrons. The number of nitrogens with two attached hydrogens (primary N) is 1. The van der Waals surface area contributed by atoms with Crippen LogP contribution in [0.5, 0.6) is 0 Å². The first-order valence-corrected chi connectivity index (χ1v) is 4.72. The summed E-state index contributed by atoms with van der Waals surface area (Å²) in [6.45, 7) is 6.18. The lowest BCUT2D eigenvalue weighted by atomic mass is 10.2. The molecule has 1 unspecified atom stereocenters. The molecule has 4 N–H and O–H groups in total. The van der Waals surface area contributed by atoms with E-state index in [-0.39, 0.29) is 12.3 Å². The van der Waals surface area contributed by atoms with Gasteiger partial charge in [0.2, 0.25) is 0 Å². The van der Waals surface area contributed by atoms with Crippen molar-refractivity contribution in [3.8, 4) is 0 Å². The fraction of sp³-hybridized carbons (Fsp3) is 0.778. The molecule has 0 aromatic carbocycles. The molecule has 0 rings (SSSR count). The van der Waals surface area contributed by atoms with E-state index >= 15 is 0 Å². The van der Waals surface area contributed by atoms with Gasteiger partial charge in [-0.1, -0.05) is 13.8 Å². The Morgan fingerprint density at radius 3 is 2.29 bits per heavy atom. The molecule has 0 spiro atoms. The number of carboxylic acid groups (broad SMARTS) is 1. The fourth-order valence-corrected chi connectivity index (χ4v) is 0.645.